The Kier molecular flexibility index (Phi) is 6.84. The van der Waals surface area contributed by atoms with Crippen LogP contribution in [0.1, 0.15) is 53.9 Å². The fourth-order valence-corrected chi connectivity index (χ4v) is 4.54. The Morgan fingerprint density at radius 1 is 0.900 bits per heavy atom. The zero-order valence-electron chi connectivity index (χ0n) is 18.2. The lowest BCUT2D eigenvalue weighted by Crippen LogP contribution is -2.34. The van der Waals surface area contributed by atoms with Gasteiger partial charge in [-0.3, -0.25) is 0 Å². The first kappa shape index (κ1) is 21.5. The molecular weight excluding hydrogens is 380 g/mol. The Balaban J connectivity index is 1.49. The molecule has 162 valence electrons. The van der Waals surface area contributed by atoms with Crippen LogP contribution in [0.2, 0.25) is 0 Å². The SMILES string of the molecule is Cc1cccc(C)c1C(COCc1c(F)cccc1F)CN(CC1CC1)CC1CC1. The number of benzene rings is 2. The number of ether oxygens (including phenoxy) is 1. The lowest BCUT2D eigenvalue weighted by atomic mass is 9.90. The van der Waals surface area contributed by atoms with Crippen molar-refractivity contribution in [3.8, 4) is 0 Å². The summed E-state index contributed by atoms with van der Waals surface area (Å²) in [6, 6.07) is 10.4. The van der Waals surface area contributed by atoms with Crippen LogP contribution in [0.4, 0.5) is 8.78 Å². The third-order valence-electron chi connectivity index (χ3n) is 6.48. The molecule has 0 spiro atoms. The van der Waals surface area contributed by atoms with E-state index in [0.717, 1.165) is 18.4 Å². The summed E-state index contributed by atoms with van der Waals surface area (Å²) in [4.78, 5) is 2.62. The molecule has 1 unspecified atom stereocenters. The molecule has 0 aromatic heterocycles. The first-order valence-corrected chi connectivity index (χ1v) is 11.3. The van der Waals surface area contributed by atoms with Gasteiger partial charge in [-0.2, -0.15) is 0 Å². The van der Waals surface area contributed by atoms with E-state index in [1.165, 1.54) is 73.7 Å². The van der Waals surface area contributed by atoms with Crippen molar-refractivity contribution in [3.63, 3.8) is 0 Å². The second kappa shape index (κ2) is 9.57. The molecule has 2 fully saturated rings. The molecule has 0 bridgehead atoms. The van der Waals surface area contributed by atoms with Crippen LogP contribution in [-0.4, -0.2) is 31.1 Å². The van der Waals surface area contributed by atoms with E-state index in [1.807, 2.05) is 0 Å². The standard InChI is InChI=1S/C26H33F2NO/c1-18-5-3-6-19(2)26(18)22(15-29(13-20-9-10-20)14-21-11-12-21)16-30-17-23-24(27)7-4-8-25(23)28/h3-8,20-22H,9-17H2,1-2H3. The summed E-state index contributed by atoms with van der Waals surface area (Å²) in [7, 11) is 0. The van der Waals surface area contributed by atoms with Crippen molar-refractivity contribution in [3.05, 3.63) is 70.3 Å². The van der Waals surface area contributed by atoms with E-state index in [4.69, 9.17) is 4.74 Å². The Hall–Kier alpha value is -1.78. The molecule has 2 aliphatic rings. The summed E-state index contributed by atoms with van der Waals surface area (Å²) < 4.78 is 34.0. The maximum atomic E-state index is 14.0. The summed E-state index contributed by atoms with van der Waals surface area (Å²) in [6.45, 7) is 8.00. The molecular formula is C26H33F2NO. The largest absolute Gasteiger partial charge is 0.376 e. The summed E-state index contributed by atoms with van der Waals surface area (Å²) >= 11 is 0. The van der Waals surface area contributed by atoms with Crippen LogP contribution < -0.4 is 0 Å². The summed E-state index contributed by atoms with van der Waals surface area (Å²) in [5, 5.41) is 0. The van der Waals surface area contributed by atoms with Crippen LogP contribution in [0.15, 0.2) is 36.4 Å². The average molecular weight is 414 g/mol. The molecule has 4 heteroatoms. The van der Waals surface area contributed by atoms with E-state index in [9.17, 15) is 8.78 Å². The van der Waals surface area contributed by atoms with Crippen LogP contribution in [0.3, 0.4) is 0 Å². The minimum atomic E-state index is -0.539. The Bertz CT molecular complexity index is 806. The molecule has 2 saturated carbocycles. The number of halogens is 2. The first-order valence-electron chi connectivity index (χ1n) is 11.3. The maximum Gasteiger partial charge on any atom is 0.131 e. The van der Waals surface area contributed by atoms with Gasteiger partial charge >= 0.3 is 0 Å². The molecule has 2 aliphatic carbocycles. The van der Waals surface area contributed by atoms with Crippen LogP contribution in [0, 0.1) is 37.3 Å². The van der Waals surface area contributed by atoms with Gasteiger partial charge in [-0.15, -0.1) is 0 Å². The molecule has 0 aliphatic heterocycles. The van der Waals surface area contributed by atoms with Gasteiger partial charge in [0.2, 0.25) is 0 Å². The van der Waals surface area contributed by atoms with Crippen LogP contribution >= 0.6 is 0 Å². The summed E-state index contributed by atoms with van der Waals surface area (Å²) in [6.07, 6.45) is 5.38. The Labute approximate surface area is 179 Å². The van der Waals surface area contributed by atoms with Crippen molar-refractivity contribution in [2.24, 2.45) is 11.8 Å². The van der Waals surface area contributed by atoms with Crippen molar-refractivity contribution in [1.82, 2.24) is 4.90 Å². The molecule has 4 rings (SSSR count). The molecule has 2 nitrogen and oxygen atoms in total. The van der Waals surface area contributed by atoms with Gasteiger partial charge in [0.15, 0.2) is 0 Å². The van der Waals surface area contributed by atoms with Crippen molar-refractivity contribution >= 4 is 0 Å². The van der Waals surface area contributed by atoms with Gasteiger partial charge in [-0.25, -0.2) is 8.78 Å². The molecule has 0 saturated heterocycles. The predicted molar refractivity (Wildman–Crippen MR) is 117 cm³/mol. The van der Waals surface area contributed by atoms with E-state index >= 15 is 0 Å². The fourth-order valence-electron chi connectivity index (χ4n) is 4.54. The number of hydrogen-bond donors (Lipinski definition) is 0. The third kappa shape index (κ3) is 5.67. The molecule has 0 amide bonds. The number of aryl methyl sites for hydroxylation is 2. The highest BCUT2D eigenvalue weighted by molar-refractivity contribution is 5.37. The molecule has 30 heavy (non-hydrogen) atoms. The minimum absolute atomic E-state index is 0.0190. The number of hydrogen-bond acceptors (Lipinski definition) is 2. The van der Waals surface area contributed by atoms with Gasteiger partial charge in [-0.1, -0.05) is 24.3 Å². The van der Waals surface area contributed by atoms with Crippen molar-refractivity contribution in [1.29, 1.82) is 0 Å². The highest BCUT2D eigenvalue weighted by atomic mass is 19.1. The zero-order valence-corrected chi connectivity index (χ0v) is 18.2. The van der Waals surface area contributed by atoms with Crippen LogP contribution in [0.25, 0.3) is 0 Å². The monoisotopic (exact) mass is 413 g/mol. The number of nitrogens with zero attached hydrogens (tertiary/aromatic N) is 1. The van der Waals surface area contributed by atoms with Crippen LogP contribution in [0.5, 0.6) is 0 Å². The maximum absolute atomic E-state index is 14.0. The minimum Gasteiger partial charge on any atom is -0.376 e. The van der Waals surface area contributed by atoms with E-state index in [-0.39, 0.29) is 18.1 Å². The van der Waals surface area contributed by atoms with E-state index in [2.05, 4.69) is 36.9 Å². The van der Waals surface area contributed by atoms with Gasteiger partial charge in [0.1, 0.15) is 11.6 Å². The van der Waals surface area contributed by atoms with E-state index in [0.29, 0.717) is 6.61 Å². The molecule has 0 radical (unpaired) electrons. The lowest BCUT2D eigenvalue weighted by molar-refractivity contribution is 0.0881. The second-order valence-electron chi connectivity index (χ2n) is 9.32. The third-order valence-corrected chi connectivity index (χ3v) is 6.48. The van der Waals surface area contributed by atoms with E-state index < -0.39 is 11.6 Å². The fraction of sp³-hybridized carbons (Fsp3) is 0.538. The molecule has 1 atom stereocenters. The van der Waals surface area contributed by atoms with Gasteiger partial charge in [0.05, 0.1) is 13.2 Å². The Morgan fingerprint density at radius 3 is 1.97 bits per heavy atom. The van der Waals surface area contributed by atoms with Crippen molar-refractivity contribution in [2.75, 3.05) is 26.2 Å². The normalized spacial score (nSPS) is 17.5. The smallest absolute Gasteiger partial charge is 0.131 e. The molecule has 0 N–H and O–H groups in total. The average Bonchev–Trinajstić information content (AvgIpc) is 3.61. The zero-order chi connectivity index (χ0) is 21.1. The second-order valence-corrected chi connectivity index (χ2v) is 9.32. The van der Waals surface area contributed by atoms with Crippen molar-refractivity contribution < 1.29 is 13.5 Å². The summed E-state index contributed by atoms with van der Waals surface area (Å²) in [5.41, 5.74) is 3.87. The predicted octanol–water partition coefficient (Wildman–Crippen LogP) is 6.00. The Morgan fingerprint density at radius 2 is 1.43 bits per heavy atom. The van der Waals surface area contributed by atoms with Gasteiger partial charge in [-0.05, 0) is 80.2 Å². The lowest BCUT2D eigenvalue weighted by Gasteiger charge is -2.30. The van der Waals surface area contributed by atoms with Gasteiger partial charge < -0.3 is 9.64 Å². The van der Waals surface area contributed by atoms with E-state index in [1.54, 1.807) is 0 Å². The summed E-state index contributed by atoms with van der Waals surface area (Å²) in [5.74, 6) is 0.801. The highest BCUT2D eigenvalue weighted by Gasteiger charge is 2.31. The molecule has 2 aromatic rings. The molecule has 0 heterocycles. The first-order chi connectivity index (χ1) is 14.5. The van der Waals surface area contributed by atoms with Crippen LogP contribution in [-0.2, 0) is 11.3 Å². The number of rotatable bonds is 11. The quantitative estimate of drug-likeness (QED) is 0.448. The van der Waals surface area contributed by atoms with Gasteiger partial charge in [0.25, 0.3) is 0 Å². The van der Waals surface area contributed by atoms with Gasteiger partial charge in [0, 0.05) is 31.1 Å². The topological polar surface area (TPSA) is 12.5 Å². The molecule has 2 aromatic carbocycles. The van der Waals surface area contributed by atoms with Crippen molar-refractivity contribution in [2.45, 2.75) is 52.1 Å². The highest BCUT2D eigenvalue weighted by Crippen LogP contribution is 2.35.